The zero-order valence-corrected chi connectivity index (χ0v) is 23.3. The Hall–Kier alpha value is -2.39. The van der Waals surface area contributed by atoms with Crippen LogP contribution >= 0.6 is 23.5 Å². The molecule has 0 unspecified atom stereocenters. The number of furan rings is 1. The first-order valence-electron chi connectivity index (χ1n) is 12.9. The Labute approximate surface area is 227 Å². The lowest BCUT2D eigenvalue weighted by atomic mass is 10.1. The van der Waals surface area contributed by atoms with E-state index in [1.165, 1.54) is 5.69 Å². The number of thioether (sulfide) groups is 2. The standard InChI is InChI=1S/C29H35N3O3S2/c1-31(2)25-8-5-22(6-9-25)26-21-24-4-3-23-7-10-27(30-28(23)29(24)35-26)32-11-17-36-19-15-33-13-14-34-16-20-37-18-12-32/h3-10,21H,11-20H2,1-2H3. The van der Waals surface area contributed by atoms with Crippen LogP contribution in [0.3, 0.4) is 0 Å². The highest BCUT2D eigenvalue weighted by Gasteiger charge is 2.14. The van der Waals surface area contributed by atoms with Crippen LogP contribution in [0.1, 0.15) is 0 Å². The highest BCUT2D eigenvalue weighted by molar-refractivity contribution is 7.99. The molecule has 37 heavy (non-hydrogen) atoms. The summed E-state index contributed by atoms with van der Waals surface area (Å²) in [4.78, 5) is 9.65. The second-order valence-corrected chi connectivity index (χ2v) is 11.7. The molecule has 3 heterocycles. The van der Waals surface area contributed by atoms with E-state index in [4.69, 9.17) is 18.9 Å². The summed E-state index contributed by atoms with van der Waals surface area (Å²) < 4.78 is 17.8. The summed E-state index contributed by atoms with van der Waals surface area (Å²) in [5.41, 5.74) is 4.01. The Morgan fingerprint density at radius 3 is 2.08 bits per heavy atom. The Morgan fingerprint density at radius 1 is 0.757 bits per heavy atom. The molecular formula is C29H35N3O3S2. The fraction of sp³-hybridized carbons (Fsp3) is 0.414. The molecule has 0 atom stereocenters. The fourth-order valence-corrected chi connectivity index (χ4v) is 5.94. The number of benzene rings is 2. The SMILES string of the molecule is CN(C)c1ccc(-c2cc3ccc4ccc(N5CCSCCOCCOCCSCC5)nc4c3o2)cc1. The topological polar surface area (TPSA) is 51.0 Å². The zero-order valence-electron chi connectivity index (χ0n) is 21.7. The Bertz CT molecular complexity index is 1280. The van der Waals surface area contributed by atoms with Gasteiger partial charge in [-0.2, -0.15) is 23.5 Å². The van der Waals surface area contributed by atoms with E-state index in [0.717, 1.165) is 88.3 Å². The Morgan fingerprint density at radius 2 is 1.41 bits per heavy atom. The monoisotopic (exact) mass is 537 g/mol. The predicted molar refractivity (Wildman–Crippen MR) is 160 cm³/mol. The maximum Gasteiger partial charge on any atom is 0.161 e. The molecule has 1 fully saturated rings. The van der Waals surface area contributed by atoms with Gasteiger partial charge in [0.15, 0.2) is 5.58 Å². The van der Waals surface area contributed by atoms with Crippen molar-refractivity contribution in [3.8, 4) is 11.3 Å². The summed E-state index contributed by atoms with van der Waals surface area (Å²) in [7, 11) is 4.10. The van der Waals surface area contributed by atoms with Crippen LogP contribution in [-0.2, 0) is 9.47 Å². The van der Waals surface area contributed by atoms with E-state index >= 15 is 0 Å². The van der Waals surface area contributed by atoms with Gasteiger partial charge in [0.1, 0.15) is 17.1 Å². The second-order valence-electron chi connectivity index (χ2n) is 9.21. The van der Waals surface area contributed by atoms with Gasteiger partial charge in [0.2, 0.25) is 0 Å². The zero-order chi connectivity index (χ0) is 25.5. The minimum Gasteiger partial charge on any atom is -0.454 e. The number of nitrogens with zero attached hydrogens (tertiary/aromatic N) is 3. The predicted octanol–water partition coefficient (Wildman–Crippen LogP) is 6.03. The first-order chi connectivity index (χ1) is 18.2. The highest BCUT2D eigenvalue weighted by atomic mass is 32.2. The normalized spacial score (nSPS) is 17.0. The Balaban J connectivity index is 1.40. The quantitative estimate of drug-likeness (QED) is 0.314. The van der Waals surface area contributed by atoms with Crippen molar-refractivity contribution in [1.82, 2.24) is 4.98 Å². The van der Waals surface area contributed by atoms with Gasteiger partial charge in [0.25, 0.3) is 0 Å². The van der Waals surface area contributed by atoms with Crippen LogP contribution in [0.25, 0.3) is 33.2 Å². The fourth-order valence-electron chi connectivity index (χ4n) is 4.36. The molecule has 0 radical (unpaired) electrons. The summed E-state index contributed by atoms with van der Waals surface area (Å²) in [5.74, 6) is 5.96. The van der Waals surface area contributed by atoms with Crippen molar-refractivity contribution in [2.24, 2.45) is 0 Å². The van der Waals surface area contributed by atoms with Crippen LogP contribution in [0.5, 0.6) is 0 Å². The van der Waals surface area contributed by atoms with Gasteiger partial charge >= 0.3 is 0 Å². The van der Waals surface area contributed by atoms with E-state index in [2.05, 4.69) is 64.4 Å². The molecule has 8 heteroatoms. The first kappa shape index (κ1) is 26.2. The van der Waals surface area contributed by atoms with Crippen molar-refractivity contribution in [3.05, 3.63) is 54.6 Å². The van der Waals surface area contributed by atoms with Gasteiger partial charge in [-0.3, -0.25) is 0 Å². The van der Waals surface area contributed by atoms with Crippen LogP contribution in [0.4, 0.5) is 11.5 Å². The average Bonchev–Trinajstić information content (AvgIpc) is 3.36. The molecule has 5 rings (SSSR count). The number of fused-ring (bicyclic) bond motifs is 3. The van der Waals surface area contributed by atoms with E-state index in [1.807, 2.05) is 37.6 Å². The third kappa shape index (κ3) is 6.74. The summed E-state index contributed by atoms with van der Waals surface area (Å²) in [6.45, 7) is 4.82. The van der Waals surface area contributed by atoms with Crippen molar-refractivity contribution in [1.29, 1.82) is 0 Å². The average molecular weight is 538 g/mol. The third-order valence-electron chi connectivity index (χ3n) is 6.45. The molecule has 4 aromatic rings. The van der Waals surface area contributed by atoms with Crippen LogP contribution in [0, 0.1) is 0 Å². The molecule has 1 aliphatic heterocycles. The summed E-state index contributed by atoms with van der Waals surface area (Å²) in [6, 6.07) is 19.2. The number of pyridine rings is 1. The lowest BCUT2D eigenvalue weighted by Crippen LogP contribution is -2.29. The van der Waals surface area contributed by atoms with Crippen LogP contribution in [0.15, 0.2) is 59.0 Å². The molecule has 1 saturated heterocycles. The number of anilines is 2. The molecule has 0 amide bonds. The van der Waals surface area contributed by atoms with Crippen LogP contribution in [0.2, 0.25) is 0 Å². The van der Waals surface area contributed by atoms with Crippen LogP contribution in [-0.4, -0.2) is 81.6 Å². The van der Waals surface area contributed by atoms with E-state index in [-0.39, 0.29) is 0 Å². The van der Waals surface area contributed by atoms with Gasteiger partial charge in [0, 0.05) is 72.2 Å². The molecule has 6 nitrogen and oxygen atoms in total. The third-order valence-corrected chi connectivity index (χ3v) is 8.30. The van der Waals surface area contributed by atoms with Gasteiger partial charge in [-0.15, -0.1) is 0 Å². The minimum absolute atomic E-state index is 0.683. The van der Waals surface area contributed by atoms with Crippen LogP contribution < -0.4 is 9.80 Å². The largest absolute Gasteiger partial charge is 0.454 e. The second kappa shape index (κ2) is 12.9. The number of aromatic nitrogens is 1. The Kier molecular flexibility index (Phi) is 9.15. The first-order valence-corrected chi connectivity index (χ1v) is 15.2. The maximum absolute atomic E-state index is 6.43. The van der Waals surface area contributed by atoms with Crippen molar-refractivity contribution in [2.75, 3.05) is 86.4 Å². The molecule has 2 aromatic carbocycles. The lowest BCUT2D eigenvalue weighted by molar-refractivity contribution is 0.0605. The van der Waals surface area contributed by atoms with Gasteiger partial charge in [-0.1, -0.05) is 12.1 Å². The molecule has 2 aromatic heterocycles. The number of hydrogen-bond donors (Lipinski definition) is 0. The van der Waals surface area contributed by atoms with Crippen molar-refractivity contribution in [2.45, 2.75) is 0 Å². The van der Waals surface area contributed by atoms with E-state index < -0.39 is 0 Å². The smallest absolute Gasteiger partial charge is 0.161 e. The van der Waals surface area contributed by atoms with E-state index in [0.29, 0.717) is 13.2 Å². The molecule has 0 N–H and O–H groups in total. The highest BCUT2D eigenvalue weighted by Crippen LogP contribution is 2.33. The van der Waals surface area contributed by atoms with Gasteiger partial charge in [-0.25, -0.2) is 4.98 Å². The summed E-state index contributed by atoms with van der Waals surface area (Å²) in [5, 5.41) is 2.17. The molecule has 0 saturated carbocycles. The molecule has 0 aliphatic carbocycles. The molecule has 196 valence electrons. The molecular weight excluding hydrogens is 502 g/mol. The maximum atomic E-state index is 6.43. The lowest BCUT2D eigenvalue weighted by Gasteiger charge is -2.24. The van der Waals surface area contributed by atoms with Gasteiger partial charge < -0.3 is 23.7 Å². The minimum atomic E-state index is 0.683. The van der Waals surface area contributed by atoms with Crippen molar-refractivity contribution < 1.29 is 13.9 Å². The van der Waals surface area contributed by atoms with E-state index in [1.54, 1.807) is 0 Å². The summed E-state index contributed by atoms with van der Waals surface area (Å²) >= 11 is 3.86. The molecule has 0 spiro atoms. The van der Waals surface area contributed by atoms with Crippen molar-refractivity contribution in [3.63, 3.8) is 0 Å². The number of ether oxygens (including phenoxy) is 2. The van der Waals surface area contributed by atoms with Gasteiger partial charge in [-0.05, 0) is 42.5 Å². The van der Waals surface area contributed by atoms with Gasteiger partial charge in [0.05, 0.1) is 26.4 Å². The van der Waals surface area contributed by atoms with Crippen molar-refractivity contribution >= 4 is 56.9 Å². The molecule has 0 bridgehead atoms. The summed E-state index contributed by atoms with van der Waals surface area (Å²) in [6.07, 6.45) is 0. The molecule has 1 aliphatic rings. The number of hydrogen-bond acceptors (Lipinski definition) is 8. The van der Waals surface area contributed by atoms with E-state index in [9.17, 15) is 0 Å². The number of rotatable bonds is 3.